The van der Waals surface area contributed by atoms with Crippen molar-refractivity contribution >= 4 is 11.6 Å². The van der Waals surface area contributed by atoms with Gasteiger partial charge in [-0.15, -0.1) is 18.0 Å². The van der Waals surface area contributed by atoms with Crippen molar-refractivity contribution in [1.82, 2.24) is 0 Å². The minimum absolute atomic E-state index is 0. The van der Waals surface area contributed by atoms with Gasteiger partial charge in [0.25, 0.3) is 0 Å². The first-order valence-electron chi connectivity index (χ1n) is 2.69. The molecule has 0 saturated carbocycles. The maximum Gasteiger partial charge on any atom is 0.0195 e. The van der Waals surface area contributed by atoms with Crippen molar-refractivity contribution < 1.29 is 26.2 Å². The van der Waals surface area contributed by atoms with Gasteiger partial charge in [-0.3, -0.25) is 6.08 Å². The Bertz CT molecular complexity index is 76.9. The molecule has 0 bridgehead atoms. The van der Waals surface area contributed by atoms with Crippen molar-refractivity contribution in [2.45, 2.75) is 13.3 Å². The van der Waals surface area contributed by atoms with E-state index in [0.29, 0.717) is 0 Å². The van der Waals surface area contributed by atoms with Crippen molar-refractivity contribution in [3.63, 3.8) is 0 Å². The third-order valence-electron chi connectivity index (χ3n) is 0.586. The Balaban J connectivity index is 0. The predicted octanol–water partition coefficient (Wildman–Crippen LogP) is 2.55. The molecule has 0 atom stereocenters. The molecule has 50 valence electrons. The smallest absolute Gasteiger partial charge is 0.0195 e. The molecule has 0 aromatic rings. The van der Waals surface area contributed by atoms with E-state index >= 15 is 0 Å². The summed E-state index contributed by atoms with van der Waals surface area (Å²) in [6.45, 7) is 1.89. The van der Waals surface area contributed by atoms with E-state index in [-0.39, 0.29) is 26.2 Å². The summed E-state index contributed by atoms with van der Waals surface area (Å²) in [6.07, 6.45) is 10.0. The maximum absolute atomic E-state index is 5.00. The fraction of sp³-hybridized carbons (Fsp3) is 0.429. The monoisotopic (exact) mass is 219 g/mol. The minimum Gasteiger partial charge on any atom is -0.273 e. The van der Waals surface area contributed by atoms with Crippen LogP contribution in [0.1, 0.15) is 13.3 Å². The third kappa shape index (κ3) is 12.0. The second-order valence-electron chi connectivity index (χ2n) is 1.27. The van der Waals surface area contributed by atoms with E-state index in [0.717, 1.165) is 12.3 Å². The number of hydrogen-bond acceptors (Lipinski definition) is 0. The summed E-state index contributed by atoms with van der Waals surface area (Å²) in [5.74, 6) is 0.722. The zero-order chi connectivity index (χ0) is 6.24. The first kappa shape index (κ1) is 12.3. The number of rotatable bonds is 0. The van der Waals surface area contributed by atoms with Crippen LogP contribution in [-0.4, -0.2) is 5.88 Å². The van der Waals surface area contributed by atoms with Gasteiger partial charge in [0.15, 0.2) is 0 Å². The second kappa shape index (κ2) is 11.4. The summed E-state index contributed by atoms with van der Waals surface area (Å²) in [6, 6.07) is 0. The van der Waals surface area contributed by atoms with E-state index in [4.69, 9.17) is 11.6 Å². The summed E-state index contributed by atoms with van der Waals surface area (Å²) < 4.78 is 0. The van der Waals surface area contributed by atoms with Crippen LogP contribution in [0.25, 0.3) is 0 Å². The molecule has 1 aliphatic rings. The van der Waals surface area contributed by atoms with E-state index < -0.39 is 0 Å². The zero-order valence-electron chi connectivity index (χ0n) is 5.52. The molecular formula is C7H10ClZr-. The largest absolute Gasteiger partial charge is 0.273 e. The van der Waals surface area contributed by atoms with E-state index in [9.17, 15) is 0 Å². The van der Waals surface area contributed by atoms with Crippen LogP contribution in [0.5, 0.6) is 0 Å². The van der Waals surface area contributed by atoms with E-state index in [1.807, 2.05) is 19.1 Å². The molecule has 0 fully saturated rings. The van der Waals surface area contributed by atoms with Gasteiger partial charge in [-0.1, -0.05) is 6.92 Å². The molecule has 0 heterocycles. The predicted molar refractivity (Wildman–Crippen MR) is 38.0 cm³/mol. The Morgan fingerprint density at radius 3 is 2.33 bits per heavy atom. The van der Waals surface area contributed by atoms with Gasteiger partial charge in [0.2, 0.25) is 0 Å². The van der Waals surface area contributed by atoms with Crippen molar-refractivity contribution in [1.29, 1.82) is 0 Å². The SMILES string of the molecule is CCCl.[C-]1=CC=CC1.[Zr]. The standard InChI is InChI=1S/C5H5.C2H5Cl.Zr/c1-2-4-5-3-1;1-2-3;/h1-3H,4H2;2H2,1H3;/q-1;;. The summed E-state index contributed by atoms with van der Waals surface area (Å²) in [4.78, 5) is 0. The van der Waals surface area contributed by atoms with Gasteiger partial charge in [-0.05, 0) is 0 Å². The normalized spacial score (nSPS) is 11.8. The van der Waals surface area contributed by atoms with E-state index in [1.165, 1.54) is 0 Å². The Hall–Kier alpha value is 0.653. The molecule has 0 amide bonds. The molecule has 2 heteroatoms. The maximum atomic E-state index is 5.00. The Morgan fingerprint density at radius 2 is 2.22 bits per heavy atom. The number of hydrogen-bond donors (Lipinski definition) is 0. The van der Waals surface area contributed by atoms with Crippen LogP contribution in [0.4, 0.5) is 0 Å². The molecule has 0 radical (unpaired) electrons. The van der Waals surface area contributed by atoms with Gasteiger partial charge < -0.3 is 0 Å². The minimum atomic E-state index is 0. The van der Waals surface area contributed by atoms with Crippen LogP contribution in [0, 0.1) is 6.08 Å². The summed E-state index contributed by atoms with van der Waals surface area (Å²) >= 11 is 5.00. The molecule has 1 rings (SSSR count). The molecule has 0 aliphatic heterocycles. The summed E-state index contributed by atoms with van der Waals surface area (Å²) in [7, 11) is 0. The number of halogens is 1. The van der Waals surface area contributed by atoms with Crippen molar-refractivity contribution in [3.05, 3.63) is 24.3 Å². The topological polar surface area (TPSA) is 0 Å². The van der Waals surface area contributed by atoms with Gasteiger partial charge in [0.1, 0.15) is 0 Å². The first-order valence-corrected chi connectivity index (χ1v) is 3.23. The molecule has 9 heavy (non-hydrogen) atoms. The molecule has 0 aromatic carbocycles. The summed E-state index contributed by atoms with van der Waals surface area (Å²) in [5, 5.41) is 0. The van der Waals surface area contributed by atoms with E-state index in [1.54, 1.807) is 0 Å². The average molecular weight is 221 g/mol. The fourth-order valence-corrected chi connectivity index (χ4v) is 0.340. The van der Waals surface area contributed by atoms with Gasteiger partial charge in [-0.25, -0.2) is 12.2 Å². The molecule has 0 nitrogen and oxygen atoms in total. The van der Waals surface area contributed by atoms with Crippen LogP contribution in [0.3, 0.4) is 0 Å². The molecule has 0 saturated heterocycles. The van der Waals surface area contributed by atoms with Crippen LogP contribution < -0.4 is 0 Å². The molecule has 1 aliphatic carbocycles. The van der Waals surface area contributed by atoms with Crippen LogP contribution in [0.15, 0.2) is 18.2 Å². The third-order valence-corrected chi connectivity index (χ3v) is 0.586. The van der Waals surface area contributed by atoms with E-state index in [2.05, 4.69) is 12.2 Å². The van der Waals surface area contributed by atoms with Crippen molar-refractivity contribution in [2.24, 2.45) is 0 Å². The molecule has 0 spiro atoms. The summed E-state index contributed by atoms with van der Waals surface area (Å²) in [5.41, 5.74) is 0. The Kier molecular flexibility index (Phi) is 15.7. The molecular weight excluding hydrogens is 211 g/mol. The van der Waals surface area contributed by atoms with Crippen LogP contribution in [-0.2, 0) is 26.2 Å². The quantitative estimate of drug-likeness (QED) is 0.435. The Labute approximate surface area is 81.1 Å². The number of alkyl halides is 1. The average Bonchev–Trinajstić information content (AvgIpc) is 2.17. The molecule has 0 unspecified atom stereocenters. The van der Waals surface area contributed by atoms with Gasteiger partial charge in [0.05, 0.1) is 0 Å². The first-order chi connectivity index (χ1) is 3.91. The van der Waals surface area contributed by atoms with Gasteiger partial charge in [0, 0.05) is 32.1 Å². The zero-order valence-corrected chi connectivity index (χ0v) is 8.74. The van der Waals surface area contributed by atoms with Gasteiger partial charge >= 0.3 is 0 Å². The molecule has 0 N–H and O–H groups in total. The Morgan fingerprint density at radius 1 is 1.67 bits per heavy atom. The second-order valence-corrected chi connectivity index (χ2v) is 1.80. The van der Waals surface area contributed by atoms with Gasteiger partial charge in [-0.2, -0.15) is 6.08 Å². The number of allylic oxidation sites excluding steroid dienone is 4. The fourth-order valence-electron chi connectivity index (χ4n) is 0.340. The van der Waals surface area contributed by atoms with Crippen LogP contribution >= 0.6 is 11.6 Å². The van der Waals surface area contributed by atoms with Crippen molar-refractivity contribution in [3.8, 4) is 0 Å². The van der Waals surface area contributed by atoms with Crippen LogP contribution in [0.2, 0.25) is 0 Å². The van der Waals surface area contributed by atoms with Crippen molar-refractivity contribution in [2.75, 3.05) is 5.88 Å². The molecule has 0 aromatic heterocycles.